The lowest BCUT2D eigenvalue weighted by atomic mass is 10.3. The minimum atomic E-state index is 0.903. The zero-order valence-corrected chi connectivity index (χ0v) is 9.84. The first-order valence-corrected chi connectivity index (χ1v) is 5.97. The summed E-state index contributed by atoms with van der Waals surface area (Å²) in [4.78, 5) is 5.67. The van der Waals surface area contributed by atoms with E-state index in [2.05, 4.69) is 40.2 Å². The maximum Gasteiger partial charge on any atom is 0.203 e. The molecule has 0 fully saturated rings. The third-order valence-electron chi connectivity index (χ3n) is 2.33. The van der Waals surface area contributed by atoms with Gasteiger partial charge in [-0.2, -0.15) is 0 Å². The normalized spacial score (nSPS) is 10.5. The van der Waals surface area contributed by atoms with E-state index in [9.17, 15) is 0 Å². The Morgan fingerprint density at radius 3 is 3.07 bits per heavy atom. The molecule has 2 aromatic rings. The van der Waals surface area contributed by atoms with Gasteiger partial charge in [-0.1, -0.05) is 0 Å². The predicted molar refractivity (Wildman–Crippen MR) is 64.5 cm³/mol. The van der Waals surface area contributed by atoms with Crippen LogP contribution in [0.3, 0.4) is 0 Å². The zero-order chi connectivity index (χ0) is 10.7. The Morgan fingerprint density at radius 1 is 1.53 bits per heavy atom. The third-order valence-corrected chi connectivity index (χ3v) is 3.34. The summed E-state index contributed by atoms with van der Waals surface area (Å²) in [6.45, 7) is 6.04. The summed E-state index contributed by atoms with van der Waals surface area (Å²) < 4.78 is 2.14. The molecule has 0 aliphatic rings. The van der Waals surface area contributed by atoms with Crippen molar-refractivity contribution < 1.29 is 0 Å². The summed E-state index contributed by atoms with van der Waals surface area (Å²) in [5.41, 5.74) is 1.36. The third kappa shape index (κ3) is 2.21. The molecule has 2 aromatic heterocycles. The molecule has 0 spiro atoms. The number of aromatic nitrogens is 2. The molecule has 0 radical (unpaired) electrons. The molecule has 15 heavy (non-hydrogen) atoms. The first kappa shape index (κ1) is 10.2. The van der Waals surface area contributed by atoms with Crippen molar-refractivity contribution in [2.24, 2.45) is 0 Å². The second-order valence-corrected chi connectivity index (χ2v) is 4.44. The highest BCUT2D eigenvalue weighted by Gasteiger charge is 2.04. The summed E-state index contributed by atoms with van der Waals surface area (Å²) in [7, 11) is 0. The summed E-state index contributed by atoms with van der Waals surface area (Å²) >= 11 is 1.80. The zero-order valence-electron chi connectivity index (χ0n) is 9.03. The number of hydrogen-bond acceptors (Lipinski definition) is 3. The molecule has 0 amide bonds. The fraction of sp³-hybridized carbons (Fsp3) is 0.364. The molecule has 2 heterocycles. The van der Waals surface area contributed by atoms with Crippen LogP contribution in [0.1, 0.15) is 17.4 Å². The van der Waals surface area contributed by atoms with Crippen LogP contribution in [0, 0.1) is 6.92 Å². The van der Waals surface area contributed by atoms with E-state index in [1.807, 2.05) is 12.4 Å². The van der Waals surface area contributed by atoms with Crippen LogP contribution in [-0.2, 0) is 6.54 Å². The largest absolute Gasteiger partial charge is 0.356 e. The van der Waals surface area contributed by atoms with Gasteiger partial charge in [0.25, 0.3) is 0 Å². The highest BCUT2D eigenvalue weighted by atomic mass is 32.1. The second-order valence-electron chi connectivity index (χ2n) is 3.44. The molecular weight excluding hydrogens is 206 g/mol. The quantitative estimate of drug-likeness (QED) is 0.860. The SMILES string of the molecule is CCNc1nccn1Cc1sccc1C. The van der Waals surface area contributed by atoms with Crippen molar-refractivity contribution in [3.05, 3.63) is 34.3 Å². The molecular formula is C11H15N3S. The van der Waals surface area contributed by atoms with Crippen LogP contribution in [0.15, 0.2) is 23.8 Å². The number of imidazole rings is 1. The van der Waals surface area contributed by atoms with Gasteiger partial charge >= 0.3 is 0 Å². The first-order valence-electron chi connectivity index (χ1n) is 5.09. The first-order chi connectivity index (χ1) is 7.31. The van der Waals surface area contributed by atoms with E-state index in [4.69, 9.17) is 0 Å². The average molecular weight is 221 g/mol. The van der Waals surface area contributed by atoms with Gasteiger partial charge < -0.3 is 9.88 Å². The van der Waals surface area contributed by atoms with Gasteiger partial charge in [-0.05, 0) is 30.9 Å². The Bertz CT molecular complexity index is 430. The minimum absolute atomic E-state index is 0.903. The van der Waals surface area contributed by atoms with E-state index in [0.717, 1.165) is 19.0 Å². The number of rotatable bonds is 4. The lowest BCUT2D eigenvalue weighted by Crippen LogP contribution is -2.07. The van der Waals surface area contributed by atoms with Gasteiger partial charge in [-0.15, -0.1) is 11.3 Å². The van der Waals surface area contributed by atoms with Crippen LogP contribution < -0.4 is 5.32 Å². The molecule has 0 saturated carbocycles. The summed E-state index contributed by atoms with van der Waals surface area (Å²) in [5, 5.41) is 5.38. The lowest BCUT2D eigenvalue weighted by Gasteiger charge is -2.07. The number of aryl methyl sites for hydroxylation is 1. The Hall–Kier alpha value is -1.29. The molecule has 80 valence electrons. The molecule has 1 N–H and O–H groups in total. The molecule has 0 aliphatic carbocycles. The van der Waals surface area contributed by atoms with Gasteiger partial charge in [-0.25, -0.2) is 4.98 Å². The highest BCUT2D eigenvalue weighted by Crippen LogP contribution is 2.18. The smallest absolute Gasteiger partial charge is 0.203 e. The van der Waals surface area contributed by atoms with Crippen LogP contribution in [0.4, 0.5) is 5.95 Å². The molecule has 2 rings (SSSR count). The van der Waals surface area contributed by atoms with E-state index in [-0.39, 0.29) is 0 Å². The van der Waals surface area contributed by atoms with Crippen molar-refractivity contribution >= 4 is 17.3 Å². The van der Waals surface area contributed by atoms with E-state index < -0.39 is 0 Å². The van der Waals surface area contributed by atoms with Crippen molar-refractivity contribution in [3.8, 4) is 0 Å². The molecule has 3 nitrogen and oxygen atoms in total. The predicted octanol–water partition coefficient (Wildman–Crippen LogP) is 2.73. The number of thiophene rings is 1. The monoisotopic (exact) mass is 221 g/mol. The Morgan fingerprint density at radius 2 is 2.40 bits per heavy atom. The van der Waals surface area contributed by atoms with Gasteiger partial charge in [0.15, 0.2) is 0 Å². The molecule has 0 aromatic carbocycles. The van der Waals surface area contributed by atoms with E-state index in [1.54, 1.807) is 11.3 Å². The van der Waals surface area contributed by atoms with E-state index >= 15 is 0 Å². The van der Waals surface area contributed by atoms with Gasteiger partial charge in [0.2, 0.25) is 5.95 Å². The van der Waals surface area contributed by atoms with Gasteiger partial charge in [0.05, 0.1) is 6.54 Å². The van der Waals surface area contributed by atoms with Gasteiger partial charge in [-0.3, -0.25) is 0 Å². The molecule has 0 aliphatic heterocycles. The molecule has 0 saturated heterocycles. The van der Waals surface area contributed by atoms with Crippen LogP contribution in [-0.4, -0.2) is 16.1 Å². The number of anilines is 1. The molecule has 4 heteroatoms. The van der Waals surface area contributed by atoms with Gasteiger partial charge in [0.1, 0.15) is 0 Å². The van der Waals surface area contributed by atoms with Gasteiger partial charge in [0, 0.05) is 23.8 Å². The topological polar surface area (TPSA) is 29.9 Å². The molecule has 0 atom stereocenters. The maximum absolute atomic E-state index is 4.27. The molecule has 0 unspecified atom stereocenters. The van der Waals surface area contributed by atoms with Crippen LogP contribution in [0.5, 0.6) is 0 Å². The number of hydrogen-bond donors (Lipinski definition) is 1. The summed E-state index contributed by atoms with van der Waals surface area (Å²) in [6.07, 6.45) is 3.85. The Balaban J connectivity index is 2.17. The summed E-state index contributed by atoms with van der Waals surface area (Å²) in [6, 6.07) is 2.16. The maximum atomic E-state index is 4.27. The van der Waals surface area contributed by atoms with Crippen molar-refractivity contribution in [2.75, 3.05) is 11.9 Å². The van der Waals surface area contributed by atoms with Crippen molar-refractivity contribution in [3.63, 3.8) is 0 Å². The highest BCUT2D eigenvalue weighted by molar-refractivity contribution is 7.10. The number of nitrogens with one attached hydrogen (secondary N) is 1. The van der Waals surface area contributed by atoms with Crippen molar-refractivity contribution in [2.45, 2.75) is 20.4 Å². The summed E-state index contributed by atoms with van der Waals surface area (Å²) in [5.74, 6) is 0.949. The fourth-order valence-electron chi connectivity index (χ4n) is 1.48. The van der Waals surface area contributed by atoms with Crippen LogP contribution in [0.25, 0.3) is 0 Å². The van der Waals surface area contributed by atoms with Crippen LogP contribution in [0.2, 0.25) is 0 Å². The Labute approximate surface area is 93.8 Å². The average Bonchev–Trinajstić information content (AvgIpc) is 2.80. The van der Waals surface area contributed by atoms with E-state index in [1.165, 1.54) is 10.4 Å². The fourth-order valence-corrected chi connectivity index (χ4v) is 2.39. The Kier molecular flexibility index (Phi) is 3.06. The van der Waals surface area contributed by atoms with Crippen molar-refractivity contribution in [1.29, 1.82) is 0 Å². The minimum Gasteiger partial charge on any atom is -0.356 e. The molecule has 0 bridgehead atoms. The van der Waals surface area contributed by atoms with Crippen molar-refractivity contribution in [1.82, 2.24) is 9.55 Å². The number of nitrogens with zero attached hydrogens (tertiary/aromatic N) is 2. The van der Waals surface area contributed by atoms with E-state index in [0.29, 0.717) is 0 Å². The second kappa shape index (κ2) is 4.49. The standard InChI is InChI=1S/C11H15N3S/c1-3-12-11-13-5-6-14(11)8-10-9(2)4-7-15-10/h4-7H,3,8H2,1-2H3,(H,12,13). The lowest BCUT2D eigenvalue weighted by molar-refractivity contribution is 0.808. The van der Waals surface area contributed by atoms with Crippen LogP contribution >= 0.6 is 11.3 Å².